The Morgan fingerprint density at radius 3 is 2.62 bits per heavy atom. The second-order valence-corrected chi connectivity index (χ2v) is 4.48. The number of carbonyl (C=O) groups is 1. The molecule has 0 saturated carbocycles. The fourth-order valence-corrected chi connectivity index (χ4v) is 2.11. The fourth-order valence-electron chi connectivity index (χ4n) is 1.59. The van der Waals surface area contributed by atoms with Crippen LogP contribution < -0.4 is 5.43 Å². The predicted molar refractivity (Wildman–Crippen MR) is 65.0 cm³/mol. The van der Waals surface area contributed by atoms with Crippen LogP contribution in [0.1, 0.15) is 21.5 Å². The van der Waals surface area contributed by atoms with E-state index in [0.29, 0.717) is 17.3 Å². The quantitative estimate of drug-likeness (QED) is 0.755. The average Bonchev–Trinajstić information content (AvgIpc) is 2.28. The molecule has 0 radical (unpaired) electrons. The zero-order chi connectivity index (χ0) is 11.9. The van der Waals surface area contributed by atoms with Crippen molar-refractivity contribution in [2.75, 3.05) is 0 Å². The molecule has 1 aromatic heterocycles. The third-order valence-corrected chi connectivity index (χ3v) is 3.54. The molecule has 0 atom stereocenters. The van der Waals surface area contributed by atoms with E-state index in [9.17, 15) is 9.59 Å². The minimum absolute atomic E-state index is 0.0441. The average molecular weight is 281 g/mol. The van der Waals surface area contributed by atoms with Crippen molar-refractivity contribution in [2.24, 2.45) is 0 Å². The van der Waals surface area contributed by atoms with Crippen molar-refractivity contribution < 1.29 is 9.21 Å². The van der Waals surface area contributed by atoms with E-state index in [-0.39, 0.29) is 11.0 Å². The largest absolute Gasteiger partial charge is 0.463 e. The van der Waals surface area contributed by atoms with E-state index in [0.717, 1.165) is 15.6 Å². The van der Waals surface area contributed by atoms with Gasteiger partial charge in [0.1, 0.15) is 11.8 Å². The maximum atomic E-state index is 11.9. The van der Waals surface area contributed by atoms with Gasteiger partial charge in [0.2, 0.25) is 5.43 Å². The Morgan fingerprint density at radius 1 is 1.31 bits per heavy atom. The van der Waals surface area contributed by atoms with Crippen LogP contribution in [0.25, 0.3) is 11.0 Å². The number of hydrogen-bond donors (Lipinski definition) is 0. The van der Waals surface area contributed by atoms with Crippen LogP contribution in [0.5, 0.6) is 0 Å². The van der Waals surface area contributed by atoms with Gasteiger partial charge in [0.15, 0.2) is 6.29 Å². The molecule has 1 heterocycles. The van der Waals surface area contributed by atoms with Gasteiger partial charge in [0, 0.05) is 4.47 Å². The Hall–Kier alpha value is -1.42. The molecule has 0 saturated heterocycles. The summed E-state index contributed by atoms with van der Waals surface area (Å²) in [6.07, 6.45) is 1.71. The standard InChI is InChI=1S/C12H9BrO3/c1-6-7(2)12-9(3-10(6)13)11(15)8(4-14)5-16-12/h3-5H,1-2H3. The van der Waals surface area contributed by atoms with E-state index in [1.807, 2.05) is 13.8 Å². The highest BCUT2D eigenvalue weighted by atomic mass is 79.9. The van der Waals surface area contributed by atoms with Crippen LogP contribution in [0, 0.1) is 13.8 Å². The van der Waals surface area contributed by atoms with Crippen LogP contribution in [0.2, 0.25) is 0 Å². The number of fused-ring (bicyclic) bond motifs is 1. The van der Waals surface area contributed by atoms with Crippen molar-refractivity contribution in [1.82, 2.24) is 0 Å². The van der Waals surface area contributed by atoms with Gasteiger partial charge in [0.05, 0.1) is 10.9 Å². The van der Waals surface area contributed by atoms with E-state index >= 15 is 0 Å². The number of hydrogen-bond acceptors (Lipinski definition) is 3. The van der Waals surface area contributed by atoms with Gasteiger partial charge in [-0.2, -0.15) is 0 Å². The number of aryl methyl sites for hydroxylation is 1. The molecule has 4 heteroatoms. The first kappa shape index (κ1) is 11.1. The molecule has 0 aliphatic carbocycles. The third-order valence-electron chi connectivity index (χ3n) is 2.71. The summed E-state index contributed by atoms with van der Waals surface area (Å²) >= 11 is 3.38. The number of aldehydes is 1. The lowest BCUT2D eigenvalue weighted by atomic mass is 10.1. The van der Waals surface area contributed by atoms with Gasteiger partial charge in [-0.05, 0) is 31.0 Å². The normalized spacial score (nSPS) is 10.7. The van der Waals surface area contributed by atoms with Gasteiger partial charge in [-0.3, -0.25) is 9.59 Å². The predicted octanol–water partition coefficient (Wildman–Crippen LogP) is 2.98. The highest BCUT2D eigenvalue weighted by molar-refractivity contribution is 9.10. The number of carbonyl (C=O) groups excluding carboxylic acids is 1. The molecule has 0 unspecified atom stereocenters. The third kappa shape index (κ3) is 1.50. The molecule has 0 fully saturated rings. The Kier molecular flexibility index (Phi) is 2.68. The summed E-state index contributed by atoms with van der Waals surface area (Å²) in [6.45, 7) is 3.82. The Bertz CT molecular complexity index is 641. The van der Waals surface area contributed by atoms with Crippen LogP contribution in [-0.2, 0) is 0 Å². The Labute approximate surface area is 100 Å². The van der Waals surface area contributed by atoms with E-state index in [2.05, 4.69) is 15.9 Å². The lowest BCUT2D eigenvalue weighted by molar-refractivity contribution is 0.112. The summed E-state index contributed by atoms with van der Waals surface area (Å²) in [6, 6.07) is 1.69. The van der Waals surface area contributed by atoms with Crippen molar-refractivity contribution >= 4 is 33.2 Å². The smallest absolute Gasteiger partial charge is 0.203 e. The molecule has 1 aromatic carbocycles. The molecule has 0 amide bonds. The first-order valence-corrected chi connectivity index (χ1v) is 5.52. The minimum Gasteiger partial charge on any atom is -0.463 e. The molecule has 82 valence electrons. The van der Waals surface area contributed by atoms with Crippen LogP contribution in [0.3, 0.4) is 0 Å². The second kappa shape index (κ2) is 3.87. The monoisotopic (exact) mass is 280 g/mol. The van der Waals surface area contributed by atoms with Gasteiger partial charge < -0.3 is 4.42 Å². The summed E-state index contributed by atoms with van der Waals surface area (Å²) in [4.78, 5) is 22.5. The zero-order valence-electron chi connectivity index (χ0n) is 8.83. The van der Waals surface area contributed by atoms with E-state index in [1.54, 1.807) is 6.07 Å². The van der Waals surface area contributed by atoms with E-state index in [4.69, 9.17) is 4.42 Å². The van der Waals surface area contributed by atoms with Crippen LogP contribution in [0.4, 0.5) is 0 Å². The lowest BCUT2D eigenvalue weighted by Gasteiger charge is -2.06. The molecule has 2 aromatic rings. The first-order chi connectivity index (χ1) is 7.56. The molecule has 2 rings (SSSR count). The molecule has 0 aliphatic rings. The molecule has 16 heavy (non-hydrogen) atoms. The summed E-state index contributed by atoms with van der Waals surface area (Å²) in [5.41, 5.74) is 2.22. The van der Waals surface area contributed by atoms with Crippen molar-refractivity contribution in [3.63, 3.8) is 0 Å². The minimum atomic E-state index is -0.292. The highest BCUT2D eigenvalue weighted by Gasteiger charge is 2.12. The SMILES string of the molecule is Cc1c(Br)cc2c(=O)c(C=O)coc2c1C. The molecule has 0 spiro atoms. The van der Waals surface area contributed by atoms with Crippen molar-refractivity contribution in [1.29, 1.82) is 0 Å². The van der Waals surface area contributed by atoms with Gasteiger partial charge >= 0.3 is 0 Å². The summed E-state index contributed by atoms with van der Waals surface area (Å²) < 4.78 is 6.17. The molecular formula is C12H9BrO3. The van der Waals surface area contributed by atoms with Gasteiger partial charge in [-0.25, -0.2) is 0 Å². The molecule has 0 N–H and O–H groups in total. The molecule has 0 bridgehead atoms. The van der Waals surface area contributed by atoms with Gasteiger partial charge in [0.25, 0.3) is 0 Å². The highest BCUT2D eigenvalue weighted by Crippen LogP contribution is 2.26. The van der Waals surface area contributed by atoms with Crippen LogP contribution >= 0.6 is 15.9 Å². The maximum Gasteiger partial charge on any atom is 0.203 e. The zero-order valence-corrected chi connectivity index (χ0v) is 10.4. The summed E-state index contributed by atoms with van der Waals surface area (Å²) in [5.74, 6) is 0. The van der Waals surface area contributed by atoms with Crippen molar-refractivity contribution in [3.8, 4) is 0 Å². The molecule has 0 aliphatic heterocycles. The van der Waals surface area contributed by atoms with E-state index < -0.39 is 0 Å². The first-order valence-electron chi connectivity index (χ1n) is 4.72. The fraction of sp³-hybridized carbons (Fsp3) is 0.167. The van der Waals surface area contributed by atoms with Gasteiger partial charge in [-0.15, -0.1) is 0 Å². The second-order valence-electron chi connectivity index (χ2n) is 3.62. The van der Waals surface area contributed by atoms with E-state index in [1.165, 1.54) is 6.26 Å². The number of halogens is 1. The van der Waals surface area contributed by atoms with Crippen molar-refractivity contribution in [2.45, 2.75) is 13.8 Å². The van der Waals surface area contributed by atoms with Gasteiger partial charge in [-0.1, -0.05) is 15.9 Å². The lowest BCUT2D eigenvalue weighted by Crippen LogP contribution is -2.08. The Balaban J connectivity index is 3.02. The molecular weight excluding hydrogens is 272 g/mol. The van der Waals surface area contributed by atoms with Crippen molar-refractivity contribution in [3.05, 3.63) is 43.7 Å². The number of rotatable bonds is 1. The van der Waals surface area contributed by atoms with Crippen LogP contribution in [0.15, 0.2) is 26.0 Å². The summed E-state index contributed by atoms with van der Waals surface area (Å²) in [5, 5.41) is 0.430. The maximum absolute atomic E-state index is 11.9. The summed E-state index contributed by atoms with van der Waals surface area (Å²) in [7, 11) is 0. The number of benzene rings is 1. The van der Waals surface area contributed by atoms with Crippen LogP contribution in [-0.4, -0.2) is 6.29 Å². The molecule has 3 nitrogen and oxygen atoms in total. The Morgan fingerprint density at radius 2 is 2.00 bits per heavy atom. The topological polar surface area (TPSA) is 47.3 Å².